The highest BCUT2D eigenvalue weighted by Gasteiger charge is 2.31. The highest BCUT2D eigenvalue weighted by Crippen LogP contribution is 2.45. The largest absolute Gasteiger partial charge is 0.480 e. The minimum Gasteiger partial charge on any atom is -0.480 e. The van der Waals surface area contributed by atoms with Crippen molar-refractivity contribution in [3.63, 3.8) is 0 Å². The van der Waals surface area contributed by atoms with Gasteiger partial charge in [0.1, 0.15) is 17.7 Å². The summed E-state index contributed by atoms with van der Waals surface area (Å²) in [5.41, 5.74) is 4.26. The van der Waals surface area contributed by atoms with Crippen molar-refractivity contribution in [3.8, 4) is 23.0 Å². The Bertz CT molecular complexity index is 1400. The third-order valence-electron chi connectivity index (χ3n) is 5.89. The van der Waals surface area contributed by atoms with Gasteiger partial charge < -0.3 is 14.8 Å². The summed E-state index contributed by atoms with van der Waals surface area (Å²) in [6.07, 6.45) is 12.0. The molecule has 1 aliphatic rings. The summed E-state index contributed by atoms with van der Waals surface area (Å²) in [7, 11) is 1.57. The molecule has 5 rings (SSSR count). The van der Waals surface area contributed by atoms with E-state index in [-0.39, 0.29) is 0 Å². The molecule has 1 aliphatic carbocycles. The van der Waals surface area contributed by atoms with Crippen LogP contribution in [0.4, 0.5) is 5.82 Å². The maximum absolute atomic E-state index is 11.9. The molecule has 188 valence electrons. The Kier molecular flexibility index (Phi) is 7.16. The Labute approximate surface area is 214 Å². The van der Waals surface area contributed by atoms with Crippen LogP contribution in [0.2, 0.25) is 0 Å². The summed E-state index contributed by atoms with van der Waals surface area (Å²) >= 11 is 0. The van der Waals surface area contributed by atoms with E-state index in [1.807, 2.05) is 36.5 Å². The molecule has 0 unspecified atom stereocenters. The molecule has 0 atom stereocenters. The number of anilines is 1. The lowest BCUT2D eigenvalue weighted by Crippen LogP contribution is -2.08. The van der Waals surface area contributed by atoms with E-state index in [0.29, 0.717) is 47.7 Å². The van der Waals surface area contributed by atoms with Crippen LogP contribution in [0.5, 0.6) is 5.88 Å². The van der Waals surface area contributed by atoms with Gasteiger partial charge in [-0.1, -0.05) is 12.1 Å². The summed E-state index contributed by atoms with van der Waals surface area (Å²) in [5, 5.41) is 7.66. The highest BCUT2D eigenvalue weighted by molar-refractivity contribution is 5.88. The Morgan fingerprint density at radius 1 is 1.19 bits per heavy atom. The van der Waals surface area contributed by atoms with Gasteiger partial charge in [-0.2, -0.15) is 5.10 Å². The number of nitrogens with one attached hydrogen (secondary N) is 1. The smallest absolute Gasteiger partial charge is 0.330 e. The normalized spacial score (nSPS) is 13.0. The molecule has 1 N–H and O–H groups in total. The molecule has 37 heavy (non-hydrogen) atoms. The minimum atomic E-state index is -0.430. The lowest BCUT2D eigenvalue weighted by Gasteiger charge is -2.14. The van der Waals surface area contributed by atoms with Crippen LogP contribution in [0.1, 0.15) is 42.5 Å². The van der Waals surface area contributed by atoms with Gasteiger partial charge in [0.05, 0.1) is 25.1 Å². The van der Waals surface area contributed by atoms with Gasteiger partial charge in [-0.15, -0.1) is 0 Å². The molecule has 0 aliphatic heterocycles. The topological polar surface area (TPSA) is 117 Å². The maximum atomic E-state index is 11.9. The summed E-state index contributed by atoms with van der Waals surface area (Å²) in [6.45, 7) is 2.57. The van der Waals surface area contributed by atoms with Gasteiger partial charge in [0, 0.05) is 42.7 Å². The van der Waals surface area contributed by atoms with E-state index in [4.69, 9.17) is 14.5 Å². The Balaban J connectivity index is 1.45. The third-order valence-corrected chi connectivity index (χ3v) is 5.89. The highest BCUT2D eigenvalue weighted by atomic mass is 16.5. The van der Waals surface area contributed by atoms with Crippen molar-refractivity contribution in [2.75, 3.05) is 19.0 Å². The number of methoxy groups -OCH3 is 1. The number of carbonyl (C=O) groups is 1. The summed E-state index contributed by atoms with van der Waals surface area (Å²) in [4.78, 5) is 30.1. The molecule has 3 aromatic heterocycles. The van der Waals surface area contributed by atoms with E-state index in [1.54, 1.807) is 37.2 Å². The first-order valence-electron chi connectivity index (χ1n) is 12.1. The first-order chi connectivity index (χ1) is 18.2. The van der Waals surface area contributed by atoms with Gasteiger partial charge in [-0.25, -0.2) is 29.4 Å². The van der Waals surface area contributed by atoms with Crippen LogP contribution >= 0.6 is 0 Å². The number of carbonyl (C=O) groups excluding carboxylic acids is 1. The van der Waals surface area contributed by atoms with Crippen LogP contribution in [-0.4, -0.2) is 49.4 Å². The molecule has 1 fully saturated rings. The van der Waals surface area contributed by atoms with Gasteiger partial charge >= 0.3 is 5.97 Å². The quantitative estimate of drug-likeness (QED) is 0.254. The number of nitrogens with zero attached hydrogens (tertiary/aromatic N) is 6. The summed E-state index contributed by atoms with van der Waals surface area (Å²) in [5.74, 6) is 1.38. The second-order valence-electron chi connectivity index (χ2n) is 8.47. The molecule has 4 aromatic rings. The van der Waals surface area contributed by atoms with E-state index >= 15 is 0 Å². The average Bonchev–Trinajstić information content (AvgIpc) is 3.64. The van der Waals surface area contributed by atoms with Crippen LogP contribution in [0.25, 0.3) is 23.2 Å². The molecular weight excluding hydrogens is 470 g/mol. The predicted octanol–water partition coefficient (Wildman–Crippen LogP) is 4.19. The fourth-order valence-corrected chi connectivity index (χ4v) is 3.91. The van der Waals surface area contributed by atoms with E-state index in [2.05, 4.69) is 25.4 Å². The van der Waals surface area contributed by atoms with E-state index < -0.39 is 5.97 Å². The van der Waals surface area contributed by atoms with Crippen molar-refractivity contribution in [3.05, 3.63) is 78.1 Å². The number of benzene rings is 1. The third kappa shape index (κ3) is 5.64. The van der Waals surface area contributed by atoms with Crippen LogP contribution in [-0.2, 0) is 16.1 Å². The van der Waals surface area contributed by atoms with E-state index in [0.717, 1.165) is 29.8 Å². The molecule has 10 heteroatoms. The number of hydrogen-bond acceptors (Lipinski definition) is 9. The fourth-order valence-electron chi connectivity index (χ4n) is 3.91. The SMILES string of the molecule is CCOC(=O)/C=C/c1cnc(-c2c(OC)ncnc2C2CC2)nc1NCc1ccc(-n2cccn2)cc1. The second-order valence-corrected chi connectivity index (χ2v) is 8.47. The first kappa shape index (κ1) is 24.1. The first-order valence-corrected chi connectivity index (χ1v) is 12.1. The predicted molar refractivity (Wildman–Crippen MR) is 138 cm³/mol. The van der Waals surface area contributed by atoms with Gasteiger partial charge in [-0.05, 0) is 49.6 Å². The van der Waals surface area contributed by atoms with E-state index in [1.165, 1.54) is 12.4 Å². The van der Waals surface area contributed by atoms with Crippen LogP contribution in [0, 0.1) is 0 Å². The minimum absolute atomic E-state index is 0.302. The zero-order chi connectivity index (χ0) is 25.6. The molecule has 0 amide bonds. The van der Waals surface area contributed by atoms with E-state index in [9.17, 15) is 4.79 Å². The van der Waals surface area contributed by atoms with Crippen molar-refractivity contribution in [2.45, 2.75) is 32.2 Å². The number of ether oxygens (including phenoxy) is 2. The summed E-state index contributed by atoms with van der Waals surface area (Å²) in [6, 6.07) is 9.95. The zero-order valence-corrected chi connectivity index (χ0v) is 20.7. The number of rotatable bonds is 10. The molecule has 0 spiro atoms. The zero-order valence-electron chi connectivity index (χ0n) is 20.7. The number of hydrogen-bond donors (Lipinski definition) is 1. The van der Waals surface area contributed by atoms with Gasteiger partial charge in [0.15, 0.2) is 5.82 Å². The molecule has 1 saturated carbocycles. The molecule has 1 aromatic carbocycles. The van der Waals surface area contributed by atoms with Crippen molar-refractivity contribution in [1.29, 1.82) is 0 Å². The van der Waals surface area contributed by atoms with Crippen molar-refractivity contribution in [1.82, 2.24) is 29.7 Å². The Hall–Kier alpha value is -4.60. The Morgan fingerprint density at radius 2 is 2.03 bits per heavy atom. The summed E-state index contributed by atoms with van der Waals surface area (Å²) < 4.78 is 12.4. The average molecular weight is 498 g/mol. The lowest BCUT2D eigenvalue weighted by molar-refractivity contribution is -0.137. The second kappa shape index (κ2) is 11.0. The van der Waals surface area contributed by atoms with Crippen molar-refractivity contribution in [2.24, 2.45) is 0 Å². The van der Waals surface area contributed by atoms with Gasteiger partial charge in [-0.3, -0.25) is 0 Å². The Morgan fingerprint density at radius 3 is 2.73 bits per heavy atom. The number of aromatic nitrogens is 6. The number of esters is 1. The molecule has 0 saturated heterocycles. The fraction of sp³-hybridized carbons (Fsp3) is 0.259. The van der Waals surface area contributed by atoms with Crippen LogP contribution in [0.15, 0.2) is 61.3 Å². The van der Waals surface area contributed by atoms with Crippen molar-refractivity contribution >= 4 is 17.9 Å². The molecule has 10 nitrogen and oxygen atoms in total. The van der Waals surface area contributed by atoms with Gasteiger partial charge in [0.25, 0.3) is 0 Å². The monoisotopic (exact) mass is 497 g/mol. The molecular formula is C27H27N7O3. The molecule has 0 radical (unpaired) electrons. The maximum Gasteiger partial charge on any atom is 0.330 e. The van der Waals surface area contributed by atoms with Crippen LogP contribution < -0.4 is 10.1 Å². The van der Waals surface area contributed by atoms with Gasteiger partial charge in [0.2, 0.25) is 5.88 Å². The van der Waals surface area contributed by atoms with Crippen molar-refractivity contribution < 1.29 is 14.3 Å². The molecule has 3 heterocycles. The van der Waals surface area contributed by atoms with Crippen LogP contribution in [0.3, 0.4) is 0 Å². The lowest BCUT2D eigenvalue weighted by atomic mass is 10.1. The standard InChI is InChI=1S/C27H27N7O3/c1-3-37-22(35)12-9-20-16-29-26(23-24(19-7-8-19)30-17-31-27(23)36-2)33-25(20)28-15-18-5-10-21(11-6-18)34-14-4-13-32-34/h4-6,9-14,16-17,19H,3,7-8,15H2,1-2H3,(H,28,29,33)/b12-9+. The molecule has 0 bridgehead atoms.